The number of esters is 1. The number of benzene rings is 1. The van der Waals surface area contributed by atoms with Crippen molar-refractivity contribution in [3.05, 3.63) is 35.9 Å². The molecule has 0 aliphatic carbocycles. The van der Waals surface area contributed by atoms with Gasteiger partial charge in [-0.25, -0.2) is 4.79 Å². The quantitative estimate of drug-likeness (QED) is 0.582. The summed E-state index contributed by atoms with van der Waals surface area (Å²) in [5.41, 5.74) is -0.172. The summed E-state index contributed by atoms with van der Waals surface area (Å²) >= 11 is 0. The maximum absolute atomic E-state index is 11.3. The molecule has 0 saturated carbocycles. The van der Waals surface area contributed by atoms with Crippen molar-refractivity contribution in [2.24, 2.45) is 0 Å². The Balaban J connectivity index is 2.30. The van der Waals surface area contributed by atoms with E-state index in [0.29, 0.717) is 5.92 Å². The molecule has 0 radical (unpaired) electrons. The predicted molar refractivity (Wildman–Crippen MR) is 75.0 cm³/mol. The Morgan fingerprint density at radius 2 is 2.05 bits per heavy atom. The number of aliphatic hydroxyl groups is 1. The number of rotatable bonds is 7. The van der Waals surface area contributed by atoms with Gasteiger partial charge in [0.1, 0.15) is 0 Å². The molecule has 2 N–H and O–H groups in total. The normalized spacial score (nSPS) is 15.6. The highest BCUT2D eigenvalue weighted by Crippen LogP contribution is 2.17. The molecule has 0 bridgehead atoms. The van der Waals surface area contributed by atoms with Crippen molar-refractivity contribution in [1.29, 1.82) is 0 Å². The first kappa shape index (κ1) is 15.7. The van der Waals surface area contributed by atoms with Crippen LogP contribution >= 0.6 is 0 Å². The molecule has 0 heterocycles. The fourth-order valence-corrected chi connectivity index (χ4v) is 1.89. The molecule has 4 nitrogen and oxygen atoms in total. The molecule has 2 atom stereocenters. The molecule has 0 aliphatic rings. The summed E-state index contributed by atoms with van der Waals surface area (Å²) in [4.78, 5) is 11.3. The maximum Gasteiger partial charge on any atom is 0.338 e. The summed E-state index contributed by atoms with van der Waals surface area (Å²) in [7, 11) is 1.27. The fraction of sp³-hybridized carbons (Fsp3) is 0.533. The lowest BCUT2D eigenvalue weighted by Gasteiger charge is -2.21. The van der Waals surface area contributed by atoms with Crippen LogP contribution < -0.4 is 5.32 Å². The number of nitrogens with one attached hydrogen (secondary N) is 1. The van der Waals surface area contributed by atoms with Crippen LogP contribution in [0.4, 0.5) is 0 Å². The SMILES string of the molecule is COC(=O)C(C)(O)CNCCC(C)c1ccccc1. The Morgan fingerprint density at radius 1 is 1.42 bits per heavy atom. The smallest absolute Gasteiger partial charge is 0.338 e. The number of ether oxygens (including phenoxy) is 1. The molecule has 0 amide bonds. The minimum atomic E-state index is -1.47. The second kappa shape index (κ2) is 7.26. The van der Waals surface area contributed by atoms with Crippen LogP contribution in [-0.4, -0.2) is 36.9 Å². The van der Waals surface area contributed by atoms with Crippen molar-refractivity contribution in [1.82, 2.24) is 5.32 Å². The van der Waals surface area contributed by atoms with Crippen LogP contribution in [0.2, 0.25) is 0 Å². The molecular formula is C15H23NO3. The monoisotopic (exact) mass is 265 g/mol. The van der Waals surface area contributed by atoms with Gasteiger partial charge >= 0.3 is 5.97 Å². The fourth-order valence-electron chi connectivity index (χ4n) is 1.89. The van der Waals surface area contributed by atoms with Crippen LogP contribution in [0, 0.1) is 0 Å². The summed E-state index contributed by atoms with van der Waals surface area (Å²) in [5, 5.41) is 12.9. The van der Waals surface area contributed by atoms with E-state index in [-0.39, 0.29) is 6.54 Å². The van der Waals surface area contributed by atoms with Crippen molar-refractivity contribution in [2.75, 3.05) is 20.2 Å². The lowest BCUT2D eigenvalue weighted by molar-refractivity contribution is -0.159. The molecule has 0 spiro atoms. The minimum Gasteiger partial charge on any atom is -0.467 e. The van der Waals surface area contributed by atoms with E-state index in [2.05, 4.69) is 29.1 Å². The molecule has 0 aliphatic heterocycles. The van der Waals surface area contributed by atoms with Crippen molar-refractivity contribution in [3.63, 3.8) is 0 Å². The summed E-state index contributed by atoms with van der Waals surface area (Å²) in [6, 6.07) is 10.3. The minimum absolute atomic E-state index is 0.196. The van der Waals surface area contributed by atoms with Crippen LogP contribution in [-0.2, 0) is 9.53 Å². The first-order chi connectivity index (χ1) is 8.97. The summed E-state index contributed by atoms with van der Waals surface area (Å²) in [6.45, 7) is 4.55. The molecule has 1 aromatic rings. The van der Waals surface area contributed by atoms with E-state index in [9.17, 15) is 9.90 Å². The van der Waals surface area contributed by atoms with Crippen LogP contribution in [0.25, 0.3) is 0 Å². The Hall–Kier alpha value is -1.39. The van der Waals surface area contributed by atoms with Crippen molar-refractivity contribution >= 4 is 5.97 Å². The lowest BCUT2D eigenvalue weighted by atomic mass is 9.98. The number of methoxy groups -OCH3 is 1. The van der Waals surface area contributed by atoms with Gasteiger partial charge in [-0.3, -0.25) is 0 Å². The largest absolute Gasteiger partial charge is 0.467 e. The number of hydrogen-bond acceptors (Lipinski definition) is 4. The van der Waals surface area contributed by atoms with Gasteiger partial charge in [-0.05, 0) is 31.4 Å². The van der Waals surface area contributed by atoms with Crippen LogP contribution in [0.1, 0.15) is 31.7 Å². The van der Waals surface area contributed by atoms with Crippen molar-refractivity contribution in [2.45, 2.75) is 31.8 Å². The Kier molecular flexibility index (Phi) is 5.99. The topological polar surface area (TPSA) is 58.6 Å². The summed E-state index contributed by atoms with van der Waals surface area (Å²) in [6.07, 6.45) is 0.946. The average Bonchev–Trinajstić information content (AvgIpc) is 2.43. The molecule has 4 heteroatoms. The average molecular weight is 265 g/mol. The molecule has 1 aromatic carbocycles. The molecule has 19 heavy (non-hydrogen) atoms. The predicted octanol–water partition coefficient (Wildman–Crippen LogP) is 1.69. The van der Waals surface area contributed by atoms with Crippen LogP contribution in [0.3, 0.4) is 0 Å². The number of carbonyl (C=O) groups excluding carboxylic acids is 1. The maximum atomic E-state index is 11.3. The van der Waals surface area contributed by atoms with E-state index in [1.807, 2.05) is 18.2 Å². The van der Waals surface area contributed by atoms with E-state index in [1.54, 1.807) is 0 Å². The van der Waals surface area contributed by atoms with Crippen molar-refractivity contribution in [3.8, 4) is 0 Å². The first-order valence-electron chi connectivity index (χ1n) is 6.54. The molecule has 2 unspecified atom stereocenters. The zero-order valence-electron chi connectivity index (χ0n) is 11.8. The molecule has 0 aromatic heterocycles. The van der Waals surface area contributed by atoms with Gasteiger partial charge < -0.3 is 15.2 Å². The van der Waals surface area contributed by atoms with Gasteiger partial charge in [0.15, 0.2) is 5.60 Å². The Bertz CT molecular complexity index is 390. The second-order valence-electron chi connectivity index (χ2n) is 5.04. The third kappa shape index (κ3) is 5.01. The molecular weight excluding hydrogens is 242 g/mol. The first-order valence-corrected chi connectivity index (χ1v) is 6.54. The number of carbonyl (C=O) groups is 1. The van der Waals surface area contributed by atoms with Gasteiger partial charge in [-0.1, -0.05) is 37.3 Å². The van der Waals surface area contributed by atoms with Gasteiger partial charge in [0.25, 0.3) is 0 Å². The van der Waals surface area contributed by atoms with E-state index >= 15 is 0 Å². The molecule has 0 saturated heterocycles. The molecule has 0 fully saturated rings. The summed E-state index contributed by atoms with van der Waals surface area (Å²) in [5.74, 6) is -0.173. The van der Waals surface area contributed by atoms with E-state index in [0.717, 1.165) is 13.0 Å². The van der Waals surface area contributed by atoms with Gasteiger partial charge in [0.05, 0.1) is 7.11 Å². The highest BCUT2D eigenvalue weighted by molar-refractivity contribution is 5.78. The van der Waals surface area contributed by atoms with E-state index < -0.39 is 11.6 Å². The number of hydrogen-bond donors (Lipinski definition) is 2. The van der Waals surface area contributed by atoms with E-state index in [4.69, 9.17) is 0 Å². The van der Waals surface area contributed by atoms with Gasteiger partial charge in [-0.15, -0.1) is 0 Å². The van der Waals surface area contributed by atoms with Crippen LogP contribution in [0.15, 0.2) is 30.3 Å². The van der Waals surface area contributed by atoms with Gasteiger partial charge in [0, 0.05) is 6.54 Å². The standard InChI is InChI=1S/C15H23NO3/c1-12(13-7-5-4-6-8-13)9-10-16-11-15(2,18)14(17)19-3/h4-8,12,16,18H,9-11H2,1-3H3. The third-order valence-corrected chi connectivity index (χ3v) is 3.22. The zero-order chi connectivity index (χ0) is 14.3. The highest BCUT2D eigenvalue weighted by Gasteiger charge is 2.30. The van der Waals surface area contributed by atoms with E-state index in [1.165, 1.54) is 19.6 Å². The Morgan fingerprint density at radius 3 is 2.63 bits per heavy atom. The highest BCUT2D eigenvalue weighted by atomic mass is 16.5. The molecule has 106 valence electrons. The lowest BCUT2D eigenvalue weighted by Crippen LogP contribution is -2.45. The summed E-state index contributed by atoms with van der Waals surface area (Å²) < 4.78 is 4.53. The van der Waals surface area contributed by atoms with Crippen molar-refractivity contribution < 1.29 is 14.6 Å². The zero-order valence-corrected chi connectivity index (χ0v) is 11.8. The second-order valence-corrected chi connectivity index (χ2v) is 5.04. The van der Waals surface area contributed by atoms with Crippen LogP contribution in [0.5, 0.6) is 0 Å². The van der Waals surface area contributed by atoms with Gasteiger partial charge in [-0.2, -0.15) is 0 Å². The Labute approximate surface area is 114 Å². The molecule has 1 rings (SSSR count). The van der Waals surface area contributed by atoms with Gasteiger partial charge in [0.2, 0.25) is 0 Å². The third-order valence-electron chi connectivity index (χ3n) is 3.22.